The van der Waals surface area contributed by atoms with Crippen molar-refractivity contribution in [3.63, 3.8) is 0 Å². The second-order valence-electron chi connectivity index (χ2n) is 3.84. The number of nitrogens with zero attached hydrogens (tertiary/aromatic N) is 1. The molecule has 1 N–H and O–H groups in total. The zero-order valence-corrected chi connectivity index (χ0v) is 10.3. The Morgan fingerprint density at radius 1 is 1.53 bits per heavy atom. The van der Waals surface area contributed by atoms with Gasteiger partial charge >= 0.3 is 5.97 Å². The Balaban J connectivity index is 2.29. The van der Waals surface area contributed by atoms with Crippen molar-refractivity contribution < 1.29 is 19.1 Å². The van der Waals surface area contributed by atoms with Crippen molar-refractivity contribution in [1.82, 2.24) is 0 Å². The number of halogens is 2. The molecule has 4 nitrogen and oxygen atoms in total. The van der Waals surface area contributed by atoms with Gasteiger partial charge in [-0.25, -0.2) is 4.39 Å². The first kappa shape index (κ1) is 12.0. The molecule has 6 heteroatoms. The average molecular weight is 302 g/mol. The third kappa shape index (κ3) is 2.31. The molecule has 1 saturated heterocycles. The number of carboxylic acid groups (broad SMARTS) is 1. The number of aliphatic carboxylic acids is 1. The number of amides is 1. The fraction of sp³-hybridized carbons (Fsp3) is 0.273. The van der Waals surface area contributed by atoms with Crippen LogP contribution in [0, 0.1) is 11.7 Å². The van der Waals surface area contributed by atoms with Gasteiger partial charge < -0.3 is 10.0 Å². The summed E-state index contributed by atoms with van der Waals surface area (Å²) in [4.78, 5) is 23.6. The third-order valence-corrected chi connectivity index (χ3v) is 3.17. The van der Waals surface area contributed by atoms with Gasteiger partial charge in [-0.15, -0.1) is 0 Å². The molecule has 1 aromatic rings. The highest BCUT2D eigenvalue weighted by Crippen LogP contribution is 2.29. The van der Waals surface area contributed by atoms with Crippen LogP contribution >= 0.6 is 15.9 Å². The molecule has 0 unspecified atom stereocenters. The Labute approximate surface area is 105 Å². The maximum absolute atomic E-state index is 13.6. The molecule has 90 valence electrons. The number of benzene rings is 1. The van der Waals surface area contributed by atoms with E-state index in [0.717, 1.165) is 0 Å². The van der Waals surface area contributed by atoms with Gasteiger partial charge in [0.25, 0.3) is 0 Å². The molecule has 2 rings (SSSR count). The van der Waals surface area contributed by atoms with E-state index in [0.29, 0.717) is 4.47 Å². The van der Waals surface area contributed by atoms with E-state index in [9.17, 15) is 14.0 Å². The van der Waals surface area contributed by atoms with Gasteiger partial charge in [0.2, 0.25) is 5.91 Å². The number of carbonyl (C=O) groups excluding carboxylic acids is 1. The predicted molar refractivity (Wildman–Crippen MR) is 62.2 cm³/mol. The van der Waals surface area contributed by atoms with Gasteiger partial charge in [0, 0.05) is 17.4 Å². The lowest BCUT2D eigenvalue weighted by atomic mass is 10.1. The third-order valence-electron chi connectivity index (χ3n) is 2.67. The molecular formula is C11H9BrFNO3. The van der Waals surface area contributed by atoms with Gasteiger partial charge in [-0.3, -0.25) is 9.59 Å². The standard InChI is InChI=1S/C11H9BrFNO3/c12-7-1-2-9(8(13)4-7)14-5-6(11(16)17)3-10(14)15/h1-2,4,6H,3,5H2,(H,16,17)/t6-/m0/s1. The first-order chi connectivity index (χ1) is 7.99. The summed E-state index contributed by atoms with van der Waals surface area (Å²) in [5.41, 5.74) is 0.127. The normalized spacial score (nSPS) is 19.8. The highest BCUT2D eigenvalue weighted by molar-refractivity contribution is 9.10. The van der Waals surface area contributed by atoms with Crippen LogP contribution in [0.1, 0.15) is 6.42 Å². The molecule has 17 heavy (non-hydrogen) atoms. The summed E-state index contributed by atoms with van der Waals surface area (Å²) in [6, 6.07) is 4.32. The van der Waals surface area contributed by atoms with Crippen LogP contribution < -0.4 is 4.90 Å². The van der Waals surface area contributed by atoms with E-state index >= 15 is 0 Å². The zero-order valence-electron chi connectivity index (χ0n) is 8.69. The number of hydrogen-bond donors (Lipinski definition) is 1. The highest BCUT2D eigenvalue weighted by Gasteiger charge is 2.36. The van der Waals surface area contributed by atoms with E-state index in [4.69, 9.17) is 5.11 Å². The zero-order chi connectivity index (χ0) is 12.6. The Hall–Kier alpha value is -1.43. The summed E-state index contributed by atoms with van der Waals surface area (Å²) in [6.45, 7) is 0.0206. The van der Waals surface area contributed by atoms with E-state index in [2.05, 4.69) is 15.9 Å². The summed E-state index contributed by atoms with van der Waals surface area (Å²) in [5.74, 6) is -2.69. The molecule has 0 saturated carbocycles. The van der Waals surface area contributed by atoms with Crippen LogP contribution in [0.4, 0.5) is 10.1 Å². The summed E-state index contributed by atoms with van der Waals surface area (Å²) >= 11 is 3.12. The molecule has 1 aliphatic rings. The number of carbonyl (C=O) groups is 2. The van der Waals surface area contributed by atoms with Gasteiger partial charge in [0.05, 0.1) is 11.6 Å². The van der Waals surface area contributed by atoms with Gasteiger partial charge in [0.1, 0.15) is 5.82 Å². The van der Waals surface area contributed by atoms with Crippen molar-refractivity contribution in [2.75, 3.05) is 11.4 Å². The van der Waals surface area contributed by atoms with E-state index in [1.165, 1.54) is 17.0 Å². The molecule has 0 aliphatic carbocycles. The number of rotatable bonds is 2. The first-order valence-electron chi connectivity index (χ1n) is 4.97. The molecule has 1 amide bonds. The molecule has 0 bridgehead atoms. The van der Waals surface area contributed by atoms with Crippen molar-refractivity contribution in [2.45, 2.75) is 6.42 Å². The molecule has 0 aromatic heterocycles. The molecule has 0 spiro atoms. The topological polar surface area (TPSA) is 57.6 Å². The lowest BCUT2D eigenvalue weighted by molar-refractivity contribution is -0.141. The number of hydrogen-bond acceptors (Lipinski definition) is 2. The second kappa shape index (κ2) is 4.44. The van der Waals surface area contributed by atoms with Gasteiger partial charge in [-0.1, -0.05) is 15.9 Å². The van der Waals surface area contributed by atoms with Crippen molar-refractivity contribution in [3.05, 3.63) is 28.5 Å². The Morgan fingerprint density at radius 3 is 2.76 bits per heavy atom. The monoisotopic (exact) mass is 301 g/mol. The van der Waals surface area contributed by atoms with Crippen LogP contribution in [0.15, 0.2) is 22.7 Å². The fourth-order valence-electron chi connectivity index (χ4n) is 1.81. The van der Waals surface area contributed by atoms with Crippen LogP contribution in [-0.4, -0.2) is 23.5 Å². The summed E-state index contributed by atoms with van der Waals surface area (Å²) in [7, 11) is 0. The lowest BCUT2D eigenvalue weighted by Gasteiger charge is -2.16. The molecule has 1 atom stereocenters. The molecular weight excluding hydrogens is 293 g/mol. The smallest absolute Gasteiger partial charge is 0.308 e. The molecule has 1 fully saturated rings. The summed E-state index contributed by atoms with van der Waals surface area (Å²) < 4.78 is 14.2. The minimum absolute atomic E-state index is 0.0206. The average Bonchev–Trinajstić information content (AvgIpc) is 2.61. The van der Waals surface area contributed by atoms with Crippen LogP contribution in [0.2, 0.25) is 0 Å². The quantitative estimate of drug-likeness (QED) is 0.909. The van der Waals surface area contributed by atoms with Crippen LogP contribution in [0.25, 0.3) is 0 Å². The lowest BCUT2D eigenvalue weighted by Crippen LogP contribution is -2.26. The van der Waals surface area contributed by atoms with Gasteiger partial charge in [-0.05, 0) is 18.2 Å². The Bertz CT molecular complexity index is 492. The maximum atomic E-state index is 13.6. The van der Waals surface area contributed by atoms with E-state index in [1.807, 2.05) is 0 Å². The predicted octanol–water partition coefficient (Wildman–Crippen LogP) is 2.03. The van der Waals surface area contributed by atoms with Gasteiger partial charge in [0.15, 0.2) is 0 Å². The van der Waals surface area contributed by atoms with Crippen molar-refractivity contribution in [2.24, 2.45) is 5.92 Å². The maximum Gasteiger partial charge on any atom is 0.308 e. The van der Waals surface area contributed by atoms with E-state index in [-0.39, 0.29) is 24.6 Å². The first-order valence-corrected chi connectivity index (χ1v) is 5.76. The molecule has 0 radical (unpaired) electrons. The highest BCUT2D eigenvalue weighted by atomic mass is 79.9. The van der Waals surface area contributed by atoms with E-state index in [1.54, 1.807) is 6.07 Å². The molecule has 1 aromatic carbocycles. The van der Waals surface area contributed by atoms with Crippen molar-refractivity contribution in [1.29, 1.82) is 0 Å². The van der Waals surface area contributed by atoms with Gasteiger partial charge in [-0.2, -0.15) is 0 Å². The largest absolute Gasteiger partial charge is 0.481 e. The number of anilines is 1. The van der Waals surface area contributed by atoms with Crippen molar-refractivity contribution in [3.8, 4) is 0 Å². The van der Waals surface area contributed by atoms with Crippen LogP contribution in [0.5, 0.6) is 0 Å². The Kier molecular flexibility index (Phi) is 3.15. The van der Waals surface area contributed by atoms with E-state index < -0.39 is 17.7 Å². The molecule has 1 heterocycles. The van der Waals surface area contributed by atoms with Crippen molar-refractivity contribution >= 4 is 33.5 Å². The fourth-order valence-corrected chi connectivity index (χ4v) is 2.14. The second-order valence-corrected chi connectivity index (χ2v) is 4.76. The molecule has 1 aliphatic heterocycles. The number of carboxylic acids is 1. The Morgan fingerprint density at radius 2 is 2.24 bits per heavy atom. The summed E-state index contributed by atoms with van der Waals surface area (Å²) in [5, 5.41) is 8.83. The van der Waals surface area contributed by atoms with Crippen LogP contribution in [0.3, 0.4) is 0 Å². The summed E-state index contributed by atoms with van der Waals surface area (Å²) in [6.07, 6.45) is -0.0785. The minimum Gasteiger partial charge on any atom is -0.481 e. The van der Waals surface area contributed by atoms with Crippen LogP contribution in [-0.2, 0) is 9.59 Å². The SMILES string of the molecule is O=C(O)[C@H]1CC(=O)N(c2ccc(Br)cc2F)C1. The minimum atomic E-state index is -1.03.